The molecular weight excluding hydrogens is 543 g/mol. The summed E-state index contributed by atoms with van der Waals surface area (Å²) in [7, 11) is 1.62. The van der Waals surface area contributed by atoms with Crippen LogP contribution in [0.4, 0.5) is 10.3 Å². The summed E-state index contributed by atoms with van der Waals surface area (Å²) in [5, 5.41) is 15.0. The van der Waals surface area contributed by atoms with Gasteiger partial charge in [0.25, 0.3) is 0 Å². The highest BCUT2D eigenvalue weighted by Crippen LogP contribution is 2.35. The van der Waals surface area contributed by atoms with Gasteiger partial charge in [-0.05, 0) is 61.4 Å². The molecule has 1 amide bonds. The topological polar surface area (TPSA) is 144 Å². The normalized spacial score (nSPS) is 18.4. The molecule has 0 radical (unpaired) electrons. The Labute approximate surface area is 242 Å². The summed E-state index contributed by atoms with van der Waals surface area (Å²) in [5.74, 6) is 1.00. The number of benzene rings is 2. The number of imidazole rings is 1. The van der Waals surface area contributed by atoms with Crippen molar-refractivity contribution in [2.75, 3.05) is 38.8 Å². The molecule has 0 saturated carbocycles. The van der Waals surface area contributed by atoms with Crippen LogP contribution in [0.5, 0.6) is 5.75 Å². The summed E-state index contributed by atoms with van der Waals surface area (Å²) >= 11 is 0. The predicted octanol–water partition coefficient (Wildman–Crippen LogP) is 3.84. The van der Waals surface area contributed by atoms with Crippen molar-refractivity contribution >= 4 is 11.9 Å². The van der Waals surface area contributed by atoms with Gasteiger partial charge in [0, 0.05) is 31.5 Å². The predicted molar refractivity (Wildman–Crippen MR) is 153 cm³/mol. The number of amides is 1. The van der Waals surface area contributed by atoms with E-state index >= 15 is 0 Å². The molecule has 0 bridgehead atoms. The molecule has 2 aromatic carbocycles. The van der Waals surface area contributed by atoms with Gasteiger partial charge in [-0.2, -0.15) is 0 Å². The average Bonchev–Trinajstić information content (AvgIpc) is 3.47. The minimum atomic E-state index is -0.891. The van der Waals surface area contributed by atoms with Crippen LogP contribution < -0.4 is 15.4 Å². The molecule has 11 nitrogen and oxygen atoms in total. The van der Waals surface area contributed by atoms with Crippen LogP contribution in [0.25, 0.3) is 22.6 Å². The number of H-pyrrole nitrogens is 1. The summed E-state index contributed by atoms with van der Waals surface area (Å²) in [5.41, 5.74) is 2.48. The molecule has 4 aromatic rings. The third-order valence-corrected chi connectivity index (χ3v) is 6.86. The zero-order valence-corrected chi connectivity index (χ0v) is 23.4. The maximum atomic E-state index is 13.7. The third-order valence-electron chi connectivity index (χ3n) is 6.86. The molecule has 2 aromatic heterocycles. The molecule has 0 spiro atoms. The molecule has 220 valence electrons. The Morgan fingerprint density at radius 2 is 1.86 bits per heavy atom. The molecule has 1 saturated heterocycles. The van der Waals surface area contributed by atoms with Gasteiger partial charge in [-0.25, -0.2) is 19.3 Å². The Morgan fingerprint density at radius 3 is 2.55 bits per heavy atom. The van der Waals surface area contributed by atoms with Crippen molar-refractivity contribution < 1.29 is 28.5 Å². The number of rotatable bonds is 11. The molecule has 3 heterocycles. The lowest BCUT2D eigenvalue weighted by Crippen LogP contribution is -2.48. The first kappa shape index (κ1) is 29.1. The Balaban J connectivity index is 1.37. The number of carbonyl (C=O) groups is 1. The van der Waals surface area contributed by atoms with E-state index in [0.29, 0.717) is 53.9 Å². The molecule has 42 heavy (non-hydrogen) atoms. The number of nitrogens with zero attached hydrogens (tertiary/aromatic N) is 3. The number of halogens is 1. The Bertz CT molecular complexity index is 1490. The van der Waals surface area contributed by atoms with E-state index in [4.69, 9.17) is 29.3 Å². The van der Waals surface area contributed by atoms with Crippen LogP contribution in [0.1, 0.15) is 31.0 Å². The van der Waals surface area contributed by atoms with Crippen molar-refractivity contribution in [1.29, 1.82) is 0 Å². The fourth-order valence-electron chi connectivity index (χ4n) is 4.41. The lowest BCUT2D eigenvalue weighted by atomic mass is 9.91. The number of aliphatic hydroxyl groups excluding tert-OH is 1. The summed E-state index contributed by atoms with van der Waals surface area (Å²) < 4.78 is 30.9. The molecular formula is C30H33FN6O5. The monoisotopic (exact) mass is 576 g/mol. The summed E-state index contributed by atoms with van der Waals surface area (Å²) in [6.45, 7) is 2.84. The molecule has 1 aliphatic rings. The van der Waals surface area contributed by atoms with Gasteiger partial charge in [0.05, 0.1) is 42.8 Å². The van der Waals surface area contributed by atoms with E-state index in [1.165, 1.54) is 12.1 Å². The molecule has 0 atom stereocenters. The van der Waals surface area contributed by atoms with Gasteiger partial charge >= 0.3 is 0 Å². The number of nitrogens with one attached hydrogen (secondary N) is 3. The lowest BCUT2D eigenvalue weighted by Gasteiger charge is -2.35. The van der Waals surface area contributed by atoms with Crippen LogP contribution in [-0.4, -0.2) is 64.4 Å². The minimum Gasteiger partial charge on any atom is -0.497 e. The molecule has 1 fully saturated rings. The van der Waals surface area contributed by atoms with Crippen molar-refractivity contribution in [1.82, 2.24) is 25.3 Å². The smallest absolute Gasteiger partial charge is 0.230 e. The average molecular weight is 577 g/mol. The largest absolute Gasteiger partial charge is 0.497 e. The van der Waals surface area contributed by atoms with Gasteiger partial charge in [-0.3, -0.25) is 4.79 Å². The molecule has 12 heteroatoms. The number of ether oxygens (including phenoxy) is 3. The maximum Gasteiger partial charge on any atom is 0.230 e. The number of carbonyl (C=O) groups excluding carboxylic acids is 1. The van der Waals surface area contributed by atoms with Crippen LogP contribution >= 0.6 is 0 Å². The van der Waals surface area contributed by atoms with Gasteiger partial charge in [0.1, 0.15) is 11.6 Å². The number of aliphatic hydroxyl groups is 1. The van der Waals surface area contributed by atoms with E-state index in [0.717, 1.165) is 11.3 Å². The quantitative estimate of drug-likeness (QED) is 0.196. The van der Waals surface area contributed by atoms with Gasteiger partial charge in [0.15, 0.2) is 5.82 Å². The number of hydrogen-bond donors (Lipinski definition) is 4. The van der Waals surface area contributed by atoms with Gasteiger partial charge < -0.3 is 34.9 Å². The highest BCUT2D eigenvalue weighted by atomic mass is 19.1. The summed E-state index contributed by atoms with van der Waals surface area (Å²) in [6.07, 6.45) is 1.25. The zero-order valence-electron chi connectivity index (χ0n) is 23.4. The van der Waals surface area contributed by atoms with Crippen LogP contribution in [0.3, 0.4) is 0 Å². The van der Waals surface area contributed by atoms with E-state index < -0.39 is 11.7 Å². The van der Waals surface area contributed by atoms with E-state index in [1.54, 1.807) is 38.4 Å². The lowest BCUT2D eigenvalue weighted by molar-refractivity contribution is -0.231. The van der Waals surface area contributed by atoms with Gasteiger partial charge in [-0.15, -0.1) is 0 Å². The first-order valence-electron chi connectivity index (χ1n) is 13.6. The van der Waals surface area contributed by atoms with Crippen LogP contribution in [0.15, 0.2) is 60.8 Å². The van der Waals surface area contributed by atoms with Crippen molar-refractivity contribution in [2.24, 2.45) is 5.41 Å². The fraction of sp³-hybridized carbons (Fsp3) is 0.333. The SMILES string of the molecule is COc1ccc(CNc2nccc(-c3[nH]c(C4OCC(C)(C(=O)NCCCO)CO4)nc3-c3ccc(F)cc3)n2)cc1. The second kappa shape index (κ2) is 13.1. The zero-order chi connectivity index (χ0) is 29.5. The first-order chi connectivity index (χ1) is 20.4. The minimum absolute atomic E-state index is 0.00412. The second-order valence-corrected chi connectivity index (χ2v) is 10.2. The molecule has 0 unspecified atom stereocenters. The number of aromatic nitrogens is 4. The molecule has 5 rings (SSSR count). The number of aromatic amines is 1. The Kier molecular flexibility index (Phi) is 9.06. The van der Waals surface area contributed by atoms with E-state index in [2.05, 4.69) is 20.6 Å². The van der Waals surface area contributed by atoms with Gasteiger partial charge in [-0.1, -0.05) is 12.1 Å². The number of methoxy groups -OCH3 is 1. The highest BCUT2D eigenvalue weighted by Gasteiger charge is 2.40. The van der Waals surface area contributed by atoms with Crippen molar-refractivity contribution in [2.45, 2.75) is 26.2 Å². The van der Waals surface area contributed by atoms with Crippen molar-refractivity contribution in [3.63, 3.8) is 0 Å². The molecule has 1 aliphatic heterocycles. The summed E-state index contributed by atoms with van der Waals surface area (Å²) in [6, 6.07) is 15.4. The van der Waals surface area contributed by atoms with Crippen LogP contribution in [-0.2, 0) is 20.8 Å². The highest BCUT2D eigenvalue weighted by molar-refractivity contribution is 5.82. The van der Waals surface area contributed by atoms with Crippen molar-refractivity contribution in [3.8, 4) is 28.4 Å². The van der Waals surface area contributed by atoms with Crippen LogP contribution in [0.2, 0.25) is 0 Å². The Hall–Kier alpha value is -4.39. The van der Waals surface area contributed by atoms with Crippen LogP contribution in [0, 0.1) is 11.2 Å². The van der Waals surface area contributed by atoms with E-state index in [1.807, 2.05) is 24.3 Å². The van der Waals surface area contributed by atoms with E-state index in [-0.39, 0.29) is 31.5 Å². The first-order valence-corrected chi connectivity index (χ1v) is 13.6. The van der Waals surface area contributed by atoms with Gasteiger partial charge in [0.2, 0.25) is 18.1 Å². The Morgan fingerprint density at radius 1 is 1.12 bits per heavy atom. The van der Waals surface area contributed by atoms with E-state index in [9.17, 15) is 9.18 Å². The standard InChI is InChI=1S/C30H33FN6O5/c1-30(28(39)32-13-3-15-38)17-41-27(42-18-30)26-36-24(20-6-8-21(31)9-7-20)25(37-26)23-12-14-33-29(35-23)34-16-19-4-10-22(40-2)11-5-19/h4-12,14,27,38H,3,13,15-18H2,1-2H3,(H,32,39)(H,36,37)(H,33,34,35). The van der Waals surface area contributed by atoms with Crippen molar-refractivity contribution in [3.05, 3.63) is 78.0 Å². The second-order valence-electron chi connectivity index (χ2n) is 10.2. The third kappa shape index (κ3) is 6.73. The number of hydrogen-bond acceptors (Lipinski definition) is 9. The number of anilines is 1. The molecule has 0 aliphatic carbocycles. The molecule has 4 N–H and O–H groups in total. The fourth-order valence-corrected chi connectivity index (χ4v) is 4.41. The summed E-state index contributed by atoms with van der Waals surface area (Å²) in [4.78, 5) is 29.7. The maximum absolute atomic E-state index is 13.7.